The zero-order valence-corrected chi connectivity index (χ0v) is 14.0. The van der Waals surface area contributed by atoms with Crippen molar-refractivity contribution in [2.24, 2.45) is 5.92 Å². The van der Waals surface area contributed by atoms with Crippen molar-refractivity contribution in [3.05, 3.63) is 27.3 Å². The topological polar surface area (TPSA) is 104 Å². The molecule has 20 heavy (non-hydrogen) atoms. The van der Waals surface area contributed by atoms with Crippen LogP contribution in [-0.4, -0.2) is 37.2 Å². The van der Waals surface area contributed by atoms with Gasteiger partial charge < -0.3 is 10.2 Å². The molecular formula is C12H16INO5S. The Morgan fingerprint density at radius 2 is 2.00 bits per heavy atom. The van der Waals surface area contributed by atoms with Crippen LogP contribution in [0.15, 0.2) is 23.1 Å². The molecule has 1 rings (SSSR count). The normalized spacial score (nSPS) is 13.4. The molecule has 0 amide bonds. The van der Waals surface area contributed by atoms with Crippen molar-refractivity contribution in [3.8, 4) is 0 Å². The second-order valence-electron chi connectivity index (χ2n) is 4.60. The van der Waals surface area contributed by atoms with E-state index in [1.807, 2.05) is 22.6 Å². The summed E-state index contributed by atoms with van der Waals surface area (Å²) in [5, 5.41) is 18.2. The molecule has 0 fully saturated rings. The number of halogens is 1. The molecule has 0 aliphatic carbocycles. The third-order valence-corrected chi connectivity index (χ3v) is 5.21. The number of aliphatic hydroxyl groups excluding tert-OH is 1. The van der Waals surface area contributed by atoms with Gasteiger partial charge in [-0.25, -0.2) is 17.9 Å². The second-order valence-corrected chi connectivity index (χ2v) is 7.48. The standard InChI is InChI=1S/C12H16INO5S/c1-7(2)11(6-15)14-20(18,19)8-3-4-10(13)9(5-8)12(16)17/h3-5,7,11,14-15H,6H2,1-2H3,(H,16,17)/t11-/m1/s1. The highest BCUT2D eigenvalue weighted by atomic mass is 127. The van der Waals surface area contributed by atoms with Gasteiger partial charge in [0.05, 0.1) is 17.1 Å². The van der Waals surface area contributed by atoms with Crippen LogP contribution in [0, 0.1) is 9.49 Å². The molecule has 0 radical (unpaired) electrons. The van der Waals surface area contributed by atoms with Gasteiger partial charge in [-0.15, -0.1) is 0 Å². The number of carboxylic acid groups (broad SMARTS) is 1. The monoisotopic (exact) mass is 413 g/mol. The minimum absolute atomic E-state index is 0.0708. The van der Waals surface area contributed by atoms with Crippen molar-refractivity contribution in [2.75, 3.05) is 6.61 Å². The smallest absolute Gasteiger partial charge is 0.336 e. The van der Waals surface area contributed by atoms with Crippen molar-refractivity contribution in [3.63, 3.8) is 0 Å². The van der Waals surface area contributed by atoms with Crippen LogP contribution >= 0.6 is 22.6 Å². The Labute approximate surface area is 131 Å². The molecule has 6 nitrogen and oxygen atoms in total. The number of aliphatic hydroxyl groups is 1. The third kappa shape index (κ3) is 4.14. The summed E-state index contributed by atoms with van der Waals surface area (Å²) in [6, 6.07) is 3.27. The summed E-state index contributed by atoms with van der Waals surface area (Å²) in [4.78, 5) is 10.9. The first-order chi connectivity index (χ1) is 9.19. The van der Waals surface area contributed by atoms with Crippen LogP contribution in [-0.2, 0) is 10.0 Å². The molecule has 0 spiro atoms. The average molecular weight is 413 g/mol. The van der Waals surface area contributed by atoms with E-state index in [1.54, 1.807) is 13.8 Å². The van der Waals surface area contributed by atoms with Crippen molar-refractivity contribution >= 4 is 38.6 Å². The lowest BCUT2D eigenvalue weighted by Gasteiger charge is -2.20. The maximum absolute atomic E-state index is 12.2. The molecule has 0 saturated heterocycles. The fourth-order valence-electron chi connectivity index (χ4n) is 1.49. The highest BCUT2D eigenvalue weighted by Gasteiger charge is 2.23. The predicted octanol–water partition coefficient (Wildman–Crippen LogP) is 1.28. The number of sulfonamides is 1. The van der Waals surface area contributed by atoms with E-state index in [0.29, 0.717) is 3.57 Å². The first-order valence-corrected chi connectivity index (χ1v) is 8.41. The Morgan fingerprint density at radius 1 is 1.40 bits per heavy atom. The summed E-state index contributed by atoms with van der Waals surface area (Å²) in [6.45, 7) is 3.23. The minimum Gasteiger partial charge on any atom is -0.478 e. The molecule has 112 valence electrons. The zero-order chi connectivity index (χ0) is 15.5. The van der Waals surface area contributed by atoms with E-state index in [0.717, 1.165) is 6.07 Å². The zero-order valence-electron chi connectivity index (χ0n) is 11.0. The van der Waals surface area contributed by atoms with E-state index in [1.165, 1.54) is 12.1 Å². The van der Waals surface area contributed by atoms with Gasteiger partial charge in [0, 0.05) is 9.61 Å². The Hall–Kier alpha value is -0.710. The summed E-state index contributed by atoms with van der Waals surface area (Å²) in [6.07, 6.45) is 0. The minimum atomic E-state index is -3.87. The van der Waals surface area contributed by atoms with E-state index in [-0.39, 0.29) is 23.0 Å². The molecule has 1 atom stereocenters. The molecule has 0 aromatic heterocycles. The van der Waals surface area contributed by atoms with Gasteiger partial charge in [0.15, 0.2) is 0 Å². The summed E-state index contributed by atoms with van der Waals surface area (Å²) < 4.78 is 27.2. The quantitative estimate of drug-likeness (QED) is 0.610. The Kier molecular flexibility index (Phi) is 5.92. The van der Waals surface area contributed by atoms with Crippen LogP contribution in [0.5, 0.6) is 0 Å². The van der Waals surface area contributed by atoms with Crippen molar-refractivity contribution in [1.82, 2.24) is 4.72 Å². The second kappa shape index (κ2) is 6.83. The van der Waals surface area contributed by atoms with Crippen LogP contribution in [0.25, 0.3) is 0 Å². The maximum Gasteiger partial charge on any atom is 0.336 e. The summed E-state index contributed by atoms with van der Waals surface area (Å²) in [7, 11) is -3.87. The number of benzene rings is 1. The molecule has 0 aliphatic heterocycles. The van der Waals surface area contributed by atoms with E-state index in [2.05, 4.69) is 4.72 Å². The molecule has 0 aliphatic rings. The molecule has 8 heteroatoms. The van der Waals surface area contributed by atoms with Crippen LogP contribution in [0.3, 0.4) is 0 Å². The van der Waals surface area contributed by atoms with Gasteiger partial charge in [-0.1, -0.05) is 13.8 Å². The van der Waals surface area contributed by atoms with Crippen molar-refractivity contribution < 1.29 is 23.4 Å². The van der Waals surface area contributed by atoms with Gasteiger partial charge in [0.2, 0.25) is 10.0 Å². The third-order valence-electron chi connectivity index (χ3n) is 2.79. The van der Waals surface area contributed by atoms with Gasteiger partial charge in [0.25, 0.3) is 0 Å². The molecular weight excluding hydrogens is 397 g/mol. The van der Waals surface area contributed by atoms with Crippen LogP contribution in [0.1, 0.15) is 24.2 Å². The number of hydrogen-bond donors (Lipinski definition) is 3. The Morgan fingerprint density at radius 3 is 2.45 bits per heavy atom. The number of carboxylic acids is 1. The van der Waals surface area contributed by atoms with E-state index in [9.17, 15) is 18.3 Å². The van der Waals surface area contributed by atoms with Gasteiger partial charge in [0.1, 0.15) is 0 Å². The Balaban J connectivity index is 3.16. The number of rotatable bonds is 6. The summed E-state index contributed by atoms with van der Waals surface area (Å²) in [5.74, 6) is -1.27. The van der Waals surface area contributed by atoms with Crippen molar-refractivity contribution in [2.45, 2.75) is 24.8 Å². The lowest BCUT2D eigenvalue weighted by Crippen LogP contribution is -2.41. The van der Waals surface area contributed by atoms with Crippen LogP contribution < -0.4 is 4.72 Å². The predicted molar refractivity (Wildman–Crippen MR) is 82.2 cm³/mol. The van der Waals surface area contributed by atoms with Gasteiger partial charge in [-0.05, 0) is 46.7 Å². The van der Waals surface area contributed by atoms with Crippen LogP contribution in [0.2, 0.25) is 0 Å². The molecule has 3 N–H and O–H groups in total. The molecule has 0 saturated carbocycles. The van der Waals surface area contributed by atoms with Gasteiger partial charge in [-0.2, -0.15) is 0 Å². The van der Waals surface area contributed by atoms with E-state index < -0.39 is 22.0 Å². The average Bonchev–Trinajstić information content (AvgIpc) is 2.35. The summed E-state index contributed by atoms with van der Waals surface area (Å²) >= 11 is 1.83. The van der Waals surface area contributed by atoms with Crippen LogP contribution in [0.4, 0.5) is 0 Å². The molecule has 1 aromatic rings. The SMILES string of the molecule is CC(C)[C@@H](CO)NS(=O)(=O)c1ccc(I)c(C(=O)O)c1. The fraction of sp³-hybridized carbons (Fsp3) is 0.417. The Bertz CT molecular complexity index is 600. The maximum atomic E-state index is 12.2. The number of hydrogen-bond acceptors (Lipinski definition) is 4. The number of carbonyl (C=O) groups is 1. The fourth-order valence-corrected chi connectivity index (χ4v) is 3.45. The number of nitrogens with one attached hydrogen (secondary N) is 1. The molecule has 0 unspecified atom stereocenters. The highest BCUT2D eigenvalue weighted by Crippen LogP contribution is 2.19. The first kappa shape index (κ1) is 17.3. The summed E-state index contributed by atoms with van der Waals surface area (Å²) in [5.41, 5.74) is -0.0708. The van der Waals surface area contributed by atoms with E-state index >= 15 is 0 Å². The van der Waals surface area contributed by atoms with E-state index in [4.69, 9.17) is 5.11 Å². The molecule has 0 bridgehead atoms. The first-order valence-electron chi connectivity index (χ1n) is 5.85. The lowest BCUT2D eigenvalue weighted by atomic mass is 10.1. The largest absolute Gasteiger partial charge is 0.478 e. The highest BCUT2D eigenvalue weighted by molar-refractivity contribution is 14.1. The van der Waals surface area contributed by atoms with Crippen molar-refractivity contribution in [1.29, 1.82) is 0 Å². The molecule has 1 aromatic carbocycles. The van der Waals surface area contributed by atoms with Gasteiger partial charge in [-0.3, -0.25) is 0 Å². The lowest BCUT2D eigenvalue weighted by molar-refractivity contribution is 0.0695. The van der Waals surface area contributed by atoms with Gasteiger partial charge >= 0.3 is 5.97 Å². The molecule has 0 heterocycles. The number of aromatic carboxylic acids is 1.